The smallest absolute Gasteiger partial charge is 0.258 e. The maximum atomic E-state index is 13.6. The first-order valence-corrected chi connectivity index (χ1v) is 13.1. The van der Waals surface area contributed by atoms with E-state index < -0.39 is 34.8 Å². The fraction of sp³-hybridized carbons (Fsp3) is 0.462. The van der Waals surface area contributed by atoms with Crippen molar-refractivity contribution in [2.24, 2.45) is 0 Å². The van der Waals surface area contributed by atoms with Crippen molar-refractivity contribution in [1.82, 2.24) is 10.6 Å². The number of amides is 2. The lowest BCUT2D eigenvalue weighted by Gasteiger charge is -2.56. The first-order valence-electron chi connectivity index (χ1n) is 11.9. The van der Waals surface area contributed by atoms with E-state index in [9.17, 15) is 19.1 Å². The Morgan fingerprint density at radius 3 is 2.39 bits per heavy atom. The number of carbonyl (C=O) groups is 2. The zero-order valence-corrected chi connectivity index (χ0v) is 21.8. The number of fused-ring (bicyclic) bond motifs is 3. The minimum atomic E-state index is -0.834. The zero-order valence-electron chi connectivity index (χ0n) is 19.5. The molecule has 5 rings (SSSR count). The lowest BCUT2D eigenvalue weighted by molar-refractivity contribution is -0.136. The van der Waals surface area contributed by atoms with Crippen LogP contribution in [0.2, 0.25) is 10.0 Å². The van der Waals surface area contributed by atoms with Crippen molar-refractivity contribution in [2.75, 3.05) is 12.5 Å². The van der Waals surface area contributed by atoms with Crippen molar-refractivity contribution in [1.29, 1.82) is 0 Å². The fourth-order valence-corrected chi connectivity index (χ4v) is 5.75. The Labute approximate surface area is 224 Å². The molecule has 2 atom stereocenters. The number of rotatable bonds is 9. The molecule has 0 radical (unpaired) electrons. The molecule has 3 fully saturated rings. The zero-order chi connectivity index (χ0) is 25.9. The molecular formula is C26H28Cl3FN2O4. The van der Waals surface area contributed by atoms with Gasteiger partial charge in [-0.25, -0.2) is 4.39 Å². The summed E-state index contributed by atoms with van der Waals surface area (Å²) in [5.41, 5.74) is -0.496. The van der Waals surface area contributed by atoms with Crippen LogP contribution >= 0.6 is 34.8 Å². The Bertz CT molecular complexity index is 1110. The van der Waals surface area contributed by atoms with Gasteiger partial charge >= 0.3 is 0 Å². The number of benzene rings is 2. The largest absolute Gasteiger partial charge is 0.484 e. The summed E-state index contributed by atoms with van der Waals surface area (Å²) in [5, 5.41) is 17.7. The molecular weight excluding hydrogens is 530 g/mol. The number of ether oxygens (including phenoxy) is 1. The van der Waals surface area contributed by atoms with Crippen LogP contribution in [0.25, 0.3) is 0 Å². The molecule has 10 heteroatoms. The van der Waals surface area contributed by atoms with Crippen LogP contribution in [-0.2, 0) is 9.59 Å². The van der Waals surface area contributed by atoms with E-state index in [0.29, 0.717) is 49.4 Å². The van der Waals surface area contributed by atoms with Gasteiger partial charge in [-0.3, -0.25) is 9.59 Å². The third-order valence-electron chi connectivity index (χ3n) is 7.35. The summed E-state index contributed by atoms with van der Waals surface area (Å²) in [6.45, 7) is -0.321. The molecule has 194 valence electrons. The number of carbonyl (C=O) groups excluding carboxylic acids is 2. The van der Waals surface area contributed by atoms with Crippen LogP contribution in [0.5, 0.6) is 5.75 Å². The van der Waals surface area contributed by atoms with E-state index in [2.05, 4.69) is 10.6 Å². The number of alkyl halides is 1. The molecule has 2 bridgehead atoms. The summed E-state index contributed by atoms with van der Waals surface area (Å²) < 4.78 is 19.0. The number of hydrogen-bond acceptors (Lipinski definition) is 4. The maximum Gasteiger partial charge on any atom is 0.258 e. The van der Waals surface area contributed by atoms with Crippen LogP contribution in [0.4, 0.5) is 4.39 Å². The quantitative estimate of drug-likeness (QED) is 0.380. The van der Waals surface area contributed by atoms with E-state index in [1.165, 1.54) is 12.1 Å². The summed E-state index contributed by atoms with van der Waals surface area (Å²) in [7, 11) is 0. The molecule has 0 spiro atoms. The predicted octanol–water partition coefficient (Wildman–Crippen LogP) is 4.97. The van der Waals surface area contributed by atoms with Gasteiger partial charge in [-0.05, 0) is 68.4 Å². The topological polar surface area (TPSA) is 87.7 Å². The summed E-state index contributed by atoms with van der Waals surface area (Å²) in [6.07, 6.45) is 2.23. The summed E-state index contributed by atoms with van der Waals surface area (Å²) in [4.78, 5) is 25.9. The summed E-state index contributed by atoms with van der Waals surface area (Å²) in [5.74, 6) is -1.08. The van der Waals surface area contributed by atoms with E-state index in [0.717, 1.165) is 11.6 Å². The molecule has 2 aromatic rings. The van der Waals surface area contributed by atoms with Gasteiger partial charge in [0.1, 0.15) is 11.6 Å². The molecule has 0 saturated heterocycles. The molecule has 2 amide bonds. The first-order chi connectivity index (χ1) is 17.2. The van der Waals surface area contributed by atoms with Gasteiger partial charge in [0.2, 0.25) is 5.91 Å². The molecule has 3 aliphatic rings. The molecule has 6 nitrogen and oxygen atoms in total. The molecule has 0 aliphatic heterocycles. The lowest BCUT2D eigenvalue weighted by Crippen LogP contribution is -2.70. The number of halogens is 4. The van der Waals surface area contributed by atoms with Crippen molar-refractivity contribution in [3.8, 4) is 5.75 Å². The van der Waals surface area contributed by atoms with Gasteiger partial charge in [0.15, 0.2) is 6.61 Å². The highest BCUT2D eigenvalue weighted by atomic mass is 35.5. The Morgan fingerprint density at radius 2 is 1.78 bits per heavy atom. The molecule has 0 heterocycles. The lowest BCUT2D eigenvalue weighted by atomic mass is 9.59. The van der Waals surface area contributed by atoms with Crippen molar-refractivity contribution in [3.63, 3.8) is 0 Å². The van der Waals surface area contributed by atoms with Crippen molar-refractivity contribution < 1.29 is 23.8 Å². The van der Waals surface area contributed by atoms with Crippen molar-refractivity contribution in [3.05, 3.63) is 63.9 Å². The second kappa shape index (κ2) is 11.1. The molecule has 3 aliphatic carbocycles. The Balaban J connectivity index is 1.36. The predicted molar refractivity (Wildman–Crippen MR) is 137 cm³/mol. The molecule has 36 heavy (non-hydrogen) atoms. The van der Waals surface area contributed by atoms with Gasteiger partial charge in [-0.1, -0.05) is 35.3 Å². The van der Waals surface area contributed by atoms with Crippen LogP contribution in [-0.4, -0.2) is 46.6 Å². The van der Waals surface area contributed by atoms with Gasteiger partial charge < -0.3 is 20.5 Å². The molecule has 2 unspecified atom stereocenters. The van der Waals surface area contributed by atoms with Gasteiger partial charge in [0, 0.05) is 22.5 Å². The average molecular weight is 558 g/mol. The van der Waals surface area contributed by atoms with Crippen molar-refractivity contribution in [2.45, 2.75) is 61.6 Å². The van der Waals surface area contributed by atoms with Crippen LogP contribution in [0.3, 0.4) is 0 Å². The Morgan fingerprint density at radius 1 is 1.08 bits per heavy atom. The van der Waals surface area contributed by atoms with Crippen LogP contribution in [0, 0.1) is 5.82 Å². The standard InChI is InChI=1S/C26H28Cl3FN2O4/c27-12-7-19(16-1-3-17(28)4-2-16)24(35)32-25-8-10-26(11-9-25,22(33)14-25)31-23(34)15-36-18-5-6-20(29)21(30)13-18/h1-6,13,19,22,33H,7-12,14-15H2,(H,31,34)(H,32,35). The van der Waals surface area contributed by atoms with E-state index in [1.807, 2.05) is 12.1 Å². The first kappa shape index (κ1) is 27.0. The Hall–Kier alpha value is -2.06. The van der Waals surface area contributed by atoms with E-state index in [4.69, 9.17) is 39.5 Å². The Kier molecular flexibility index (Phi) is 8.35. The molecule has 3 saturated carbocycles. The molecule has 2 aromatic carbocycles. The number of aliphatic hydroxyl groups is 1. The molecule has 3 N–H and O–H groups in total. The molecule has 0 aromatic heterocycles. The second-order valence-corrected chi connectivity index (χ2v) is 10.9. The fourth-order valence-electron chi connectivity index (χ4n) is 5.29. The van der Waals surface area contributed by atoms with Crippen LogP contribution < -0.4 is 15.4 Å². The maximum absolute atomic E-state index is 13.6. The highest BCUT2D eigenvalue weighted by molar-refractivity contribution is 6.31. The van der Waals surface area contributed by atoms with Gasteiger partial charge in [0.25, 0.3) is 5.91 Å². The third-order valence-corrected chi connectivity index (χ3v) is 8.12. The monoisotopic (exact) mass is 556 g/mol. The van der Waals surface area contributed by atoms with Crippen LogP contribution in [0.15, 0.2) is 42.5 Å². The highest BCUT2D eigenvalue weighted by Gasteiger charge is 2.55. The SMILES string of the molecule is O=C(COc1ccc(Cl)c(F)c1)NC12CCC(NC(=O)C(CCCl)c3ccc(Cl)cc3)(CC1)CC2O. The highest BCUT2D eigenvalue weighted by Crippen LogP contribution is 2.47. The van der Waals surface area contributed by atoms with Gasteiger partial charge in [0.05, 0.1) is 22.6 Å². The van der Waals surface area contributed by atoms with Crippen LogP contribution in [0.1, 0.15) is 50.0 Å². The summed E-state index contributed by atoms with van der Waals surface area (Å²) >= 11 is 17.7. The van der Waals surface area contributed by atoms with E-state index >= 15 is 0 Å². The van der Waals surface area contributed by atoms with E-state index in [-0.39, 0.29) is 23.3 Å². The number of nitrogens with one attached hydrogen (secondary N) is 2. The second-order valence-electron chi connectivity index (χ2n) is 9.64. The van der Waals surface area contributed by atoms with E-state index in [1.54, 1.807) is 12.1 Å². The van der Waals surface area contributed by atoms with Gasteiger partial charge in [-0.15, -0.1) is 11.6 Å². The normalized spacial score (nSPS) is 25.8. The van der Waals surface area contributed by atoms with Gasteiger partial charge in [-0.2, -0.15) is 0 Å². The third kappa shape index (κ3) is 5.91. The average Bonchev–Trinajstić information content (AvgIpc) is 2.85. The number of hydrogen-bond donors (Lipinski definition) is 3. The minimum Gasteiger partial charge on any atom is -0.484 e. The van der Waals surface area contributed by atoms with Crippen molar-refractivity contribution >= 4 is 46.6 Å². The number of aliphatic hydroxyl groups excluding tert-OH is 1. The summed E-state index contributed by atoms with van der Waals surface area (Å²) in [6, 6.07) is 11.1. The minimum absolute atomic E-state index is 0.0315.